The second kappa shape index (κ2) is 3.81. The van der Waals surface area contributed by atoms with Gasteiger partial charge in [-0.3, -0.25) is 0 Å². The predicted octanol–water partition coefficient (Wildman–Crippen LogP) is 3.17. The molecule has 1 aromatic heterocycles. The highest BCUT2D eigenvalue weighted by molar-refractivity contribution is 9.10. The number of benzene rings is 1. The van der Waals surface area contributed by atoms with Crippen LogP contribution in [-0.2, 0) is 0 Å². The Morgan fingerprint density at radius 3 is 2.89 bits per heavy atom. The van der Waals surface area contributed by atoms with E-state index in [-0.39, 0.29) is 0 Å². The number of aromatic nitrogens is 2. The molecule has 2 fully saturated rings. The van der Waals surface area contributed by atoms with Crippen molar-refractivity contribution in [2.75, 3.05) is 0 Å². The van der Waals surface area contributed by atoms with E-state index >= 15 is 0 Å². The Balaban J connectivity index is 1.78. The number of nitrogens with one attached hydrogen (secondary N) is 1. The number of nitrogens with two attached hydrogens (primary N) is 1. The average molecular weight is 306 g/mol. The van der Waals surface area contributed by atoms with Crippen LogP contribution >= 0.6 is 15.9 Å². The Morgan fingerprint density at radius 1 is 1.28 bits per heavy atom. The molecule has 18 heavy (non-hydrogen) atoms. The van der Waals surface area contributed by atoms with E-state index in [1.54, 1.807) is 0 Å². The monoisotopic (exact) mass is 305 g/mol. The molecular formula is C14H16BrN3. The number of hydrogen-bond donors (Lipinski definition) is 2. The molecule has 4 unspecified atom stereocenters. The third kappa shape index (κ3) is 1.48. The minimum Gasteiger partial charge on any atom is -0.342 e. The number of fused-ring (bicyclic) bond motifs is 3. The van der Waals surface area contributed by atoms with Gasteiger partial charge in [-0.25, -0.2) is 4.98 Å². The topological polar surface area (TPSA) is 54.7 Å². The van der Waals surface area contributed by atoms with Gasteiger partial charge < -0.3 is 10.7 Å². The Labute approximate surface area is 114 Å². The summed E-state index contributed by atoms with van der Waals surface area (Å²) in [5, 5.41) is 0. The molecule has 2 saturated carbocycles. The standard InChI is InChI=1S/C14H16BrN3/c15-9-3-4-10-11(6-9)18-14(17-10)12-7-1-2-8(5-7)13(12)16/h3-4,6-8,12-13H,1-2,5,16H2,(H,17,18). The quantitative estimate of drug-likeness (QED) is 0.850. The second-order valence-electron chi connectivity index (χ2n) is 5.72. The molecule has 2 bridgehead atoms. The number of halogens is 1. The lowest BCUT2D eigenvalue weighted by Crippen LogP contribution is -2.34. The lowest BCUT2D eigenvalue weighted by atomic mass is 9.84. The number of rotatable bonds is 1. The van der Waals surface area contributed by atoms with Gasteiger partial charge in [0.05, 0.1) is 11.0 Å². The van der Waals surface area contributed by atoms with Gasteiger partial charge in [-0.2, -0.15) is 0 Å². The summed E-state index contributed by atoms with van der Waals surface area (Å²) in [5.41, 5.74) is 8.53. The zero-order valence-corrected chi connectivity index (χ0v) is 11.7. The van der Waals surface area contributed by atoms with Crippen molar-refractivity contribution in [1.29, 1.82) is 0 Å². The van der Waals surface area contributed by atoms with E-state index in [1.165, 1.54) is 19.3 Å². The van der Waals surface area contributed by atoms with E-state index in [4.69, 9.17) is 10.7 Å². The number of hydrogen-bond acceptors (Lipinski definition) is 2. The van der Waals surface area contributed by atoms with Gasteiger partial charge in [-0.05, 0) is 49.3 Å². The maximum Gasteiger partial charge on any atom is 0.112 e. The van der Waals surface area contributed by atoms with Crippen LogP contribution in [-0.4, -0.2) is 16.0 Å². The van der Waals surface area contributed by atoms with Crippen LogP contribution in [0, 0.1) is 11.8 Å². The minimum atomic E-state index is 0.299. The first-order chi connectivity index (χ1) is 8.72. The van der Waals surface area contributed by atoms with Crippen molar-refractivity contribution in [3.63, 3.8) is 0 Å². The van der Waals surface area contributed by atoms with Crippen LogP contribution in [0.3, 0.4) is 0 Å². The van der Waals surface area contributed by atoms with E-state index < -0.39 is 0 Å². The van der Waals surface area contributed by atoms with Crippen LogP contribution in [0.4, 0.5) is 0 Å². The lowest BCUT2D eigenvalue weighted by Gasteiger charge is -2.26. The predicted molar refractivity (Wildman–Crippen MR) is 75.3 cm³/mol. The highest BCUT2D eigenvalue weighted by Crippen LogP contribution is 2.51. The normalized spacial score (nSPS) is 34.6. The number of H-pyrrole nitrogens is 1. The molecule has 2 aliphatic rings. The van der Waals surface area contributed by atoms with Crippen molar-refractivity contribution in [1.82, 2.24) is 9.97 Å². The van der Waals surface area contributed by atoms with Gasteiger partial charge in [0.15, 0.2) is 0 Å². The van der Waals surface area contributed by atoms with Gasteiger partial charge in [0.1, 0.15) is 5.82 Å². The zero-order valence-electron chi connectivity index (χ0n) is 10.1. The molecule has 4 rings (SSSR count). The molecule has 4 atom stereocenters. The van der Waals surface area contributed by atoms with Crippen molar-refractivity contribution < 1.29 is 0 Å². The highest BCUT2D eigenvalue weighted by atomic mass is 79.9. The van der Waals surface area contributed by atoms with Crippen molar-refractivity contribution in [2.24, 2.45) is 17.6 Å². The molecule has 3 nitrogen and oxygen atoms in total. The fourth-order valence-electron chi connectivity index (χ4n) is 3.90. The van der Waals surface area contributed by atoms with Crippen molar-refractivity contribution >= 4 is 27.0 Å². The largest absolute Gasteiger partial charge is 0.342 e. The third-order valence-electron chi connectivity index (χ3n) is 4.76. The van der Waals surface area contributed by atoms with Crippen LogP contribution < -0.4 is 5.73 Å². The summed E-state index contributed by atoms with van der Waals surface area (Å²) in [5.74, 6) is 3.01. The van der Waals surface area contributed by atoms with Crippen LogP contribution in [0.5, 0.6) is 0 Å². The van der Waals surface area contributed by atoms with Crippen molar-refractivity contribution in [3.8, 4) is 0 Å². The lowest BCUT2D eigenvalue weighted by molar-refractivity contribution is 0.356. The molecule has 4 heteroatoms. The maximum absolute atomic E-state index is 6.38. The van der Waals surface area contributed by atoms with Crippen LogP contribution in [0.2, 0.25) is 0 Å². The average Bonchev–Trinajstić information content (AvgIpc) is 3.00. The summed E-state index contributed by atoms with van der Waals surface area (Å²) in [4.78, 5) is 8.22. The van der Waals surface area contributed by atoms with E-state index in [1.807, 2.05) is 6.07 Å². The Morgan fingerprint density at radius 2 is 2.11 bits per heavy atom. The summed E-state index contributed by atoms with van der Waals surface area (Å²) < 4.78 is 1.09. The molecule has 1 aromatic carbocycles. The van der Waals surface area contributed by atoms with Gasteiger partial charge in [0, 0.05) is 16.4 Å². The molecule has 0 saturated heterocycles. The second-order valence-corrected chi connectivity index (χ2v) is 6.64. The number of nitrogens with zero attached hydrogens (tertiary/aromatic N) is 1. The molecular weight excluding hydrogens is 290 g/mol. The molecule has 2 aromatic rings. The fraction of sp³-hybridized carbons (Fsp3) is 0.500. The smallest absolute Gasteiger partial charge is 0.112 e. The van der Waals surface area contributed by atoms with E-state index in [0.717, 1.165) is 33.2 Å². The SMILES string of the molecule is NC1C2CCC(C2)C1c1nc2ccc(Br)cc2[nH]1. The molecule has 0 aliphatic heterocycles. The summed E-state index contributed by atoms with van der Waals surface area (Å²) in [6, 6.07) is 6.48. The third-order valence-corrected chi connectivity index (χ3v) is 5.25. The Kier molecular flexibility index (Phi) is 2.33. The van der Waals surface area contributed by atoms with Crippen LogP contribution in [0.25, 0.3) is 11.0 Å². The maximum atomic E-state index is 6.38. The summed E-state index contributed by atoms with van der Waals surface area (Å²) >= 11 is 3.50. The first kappa shape index (κ1) is 11.0. The van der Waals surface area contributed by atoms with Crippen LogP contribution in [0.1, 0.15) is 31.0 Å². The summed E-state index contributed by atoms with van der Waals surface area (Å²) in [7, 11) is 0. The Bertz CT molecular complexity index is 604. The molecule has 2 aliphatic carbocycles. The molecule has 94 valence electrons. The van der Waals surface area contributed by atoms with Crippen molar-refractivity contribution in [2.45, 2.75) is 31.2 Å². The molecule has 0 radical (unpaired) electrons. The van der Waals surface area contributed by atoms with Crippen LogP contribution in [0.15, 0.2) is 22.7 Å². The molecule has 1 heterocycles. The van der Waals surface area contributed by atoms with E-state index in [9.17, 15) is 0 Å². The zero-order chi connectivity index (χ0) is 12.3. The van der Waals surface area contributed by atoms with E-state index in [0.29, 0.717) is 12.0 Å². The molecule has 0 amide bonds. The van der Waals surface area contributed by atoms with Gasteiger partial charge in [-0.1, -0.05) is 15.9 Å². The molecule has 0 spiro atoms. The van der Waals surface area contributed by atoms with Gasteiger partial charge in [-0.15, -0.1) is 0 Å². The minimum absolute atomic E-state index is 0.299. The van der Waals surface area contributed by atoms with Crippen molar-refractivity contribution in [3.05, 3.63) is 28.5 Å². The first-order valence-corrected chi connectivity index (χ1v) is 7.42. The first-order valence-electron chi connectivity index (χ1n) is 6.63. The molecule has 3 N–H and O–H groups in total. The highest BCUT2D eigenvalue weighted by Gasteiger charge is 2.47. The van der Waals surface area contributed by atoms with Gasteiger partial charge in [0.25, 0.3) is 0 Å². The van der Waals surface area contributed by atoms with Gasteiger partial charge in [0.2, 0.25) is 0 Å². The Hall–Kier alpha value is -0.870. The fourth-order valence-corrected chi connectivity index (χ4v) is 4.26. The van der Waals surface area contributed by atoms with E-state index in [2.05, 4.69) is 33.0 Å². The number of imidazole rings is 1. The number of aromatic amines is 1. The summed E-state index contributed by atoms with van der Waals surface area (Å²) in [6.45, 7) is 0. The summed E-state index contributed by atoms with van der Waals surface area (Å²) in [6.07, 6.45) is 3.93. The van der Waals surface area contributed by atoms with Gasteiger partial charge >= 0.3 is 0 Å².